The van der Waals surface area contributed by atoms with E-state index >= 15 is 0 Å². The van der Waals surface area contributed by atoms with E-state index in [2.05, 4.69) is 170 Å². The summed E-state index contributed by atoms with van der Waals surface area (Å²) in [5, 5.41) is 29.7. The lowest BCUT2D eigenvalue weighted by Gasteiger charge is -2.39. The van der Waals surface area contributed by atoms with Gasteiger partial charge in [0.25, 0.3) is 0 Å². The Bertz CT molecular complexity index is 4300. The van der Waals surface area contributed by atoms with Crippen LogP contribution >= 0.6 is 0 Å². The summed E-state index contributed by atoms with van der Waals surface area (Å²) < 4.78 is 33.3. The summed E-state index contributed by atoms with van der Waals surface area (Å²) in [5.41, 5.74) is 9.65. The molecule has 0 fully saturated rings. The van der Waals surface area contributed by atoms with Gasteiger partial charge in [-0.2, -0.15) is 10.2 Å². The van der Waals surface area contributed by atoms with Gasteiger partial charge in [-0.25, -0.2) is 14.4 Å². The number of benzene rings is 8. The van der Waals surface area contributed by atoms with Gasteiger partial charge in [0.15, 0.2) is 0 Å². The van der Waals surface area contributed by atoms with Crippen molar-refractivity contribution in [3.8, 4) is 11.5 Å². The van der Waals surface area contributed by atoms with Gasteiger partial charge >= 0.3 is 23.9 Å². The van der Waals surface area contributed by atoms with Crippen molar-refractivity contribution in [2.24, 2.45) is 36.7 Å². The molecule has 600 valence electrons. The van der Waals surface area contributed by atoms with Crippen molar-refractivity contribution in [3.63, 3.8) is 0 Å². The van der Waals surface area contributed by atoms with Crippen molar-refractivity contribution in [2.75, 3.05) is 50.3 Å². The SMILES string of the molecule is C=C(C)C(=O)OCCCCCCCCCCOc1ccc(CNc2ccc(N=Nc3ccc(C(=O)OCCCCCCOC(=O)C(C)(C)C(C)(C)C)cc3)c3ccccc23)cc1.C=C(C)C(=O)OCCCCCCCCCCOc1ccc(CNc2ccc(N=Nc3ccc(C(C)(C)C(C)(C)C)cc3)c3ccccc23)cc1. The maximum atomic E-state index is 12.6. The van der Waals surface area contributed by atoms with Gasteiger partial charge in [0.05, 0.1) is 73.4 Å². The first kappa shape index (κ1) is 89.2. The third-order valence-electron chi connectivity index (χ3n) is 21.4. The number of nitrogens with zero attached hydrogens (tertiary/aromatic N) is 4. The maximum absolute atomic E-state index is 12.6. The van der Waals surface area contributed by atoms with Gasteiger partial charge in [0.2, 0.25) is 0 Å². The molecular weight excluding hydrogens is 1400 g/mol. The predicted molar refractivity (Wildman–Crippen MR) is 459 cm³/mol. The summed E-state index contributed by atoms with van der Waals surface area (Å²) in [4.78, 5) is 47.9. The summed E-state index contributed by atoms with van der Waals surface area (Å²) in [7, 11) is 0. The highest BCUT2D eigenvalue weighted by Gasteiger charge is 2.41. The lowest BCUT2D eigenvalue weighted by Crippen LogP contribution is -2.39. The van der Waals surface area contributed by atoms with Crippen molar-refractivity contribution in [3.05, 3.63) is 216 Å². The molecule has 0 atom stereocenters. The number of rotatable bonds is 46. The minimum Gasteiger partial charge on any atom is -0.494 e. The van der Waals surface area contributed by atoms with Gasteiger partial charge in [-0.1, -0.05) is 231 Å². The first-order valence-electron chi connectivity index (χ1n) is 40.7. The van der Waals surface area contributed by atoms with E-state index in [1.54, 1.807) is 38.1 Å². The highest BCUT2D eigenvalue weighted by Crippen LogP contribution is 2.43. The predicted octanol–water partition coefficient (Wildman–Crippen LogP) is 26.6. The number of hydrogen-bond acceptors (Lipinski definition) is 16. The summed E-state index contributed by atoms with van der Waals surface area (Å²) >= 11 is 0. The smallest absolute Gasteiger partial charge is 0.338 e. The molecule has 0 saturated carbocycles. The molecule has 0 aliphatic heterocycles. The molecule has 2 N–H and O–H groups in total. The molecular formula is C96H126N6O10. The van der Waals surface area contributed by atoms with Crippen molar-refractivity contribution < 1.29 is 47.6 Å². The normalized spacial score (nSPS) is 11.8. The third-order valence-corrected chi connectivity index (χ3v) is 21.4. The number of anilines is 2. The van der Waals surface area contributed by atoms with E-state index in [4.69, 9.17) is 28.4 Å². The molecule has 0 amide bonds. The van der Waals surface area contributed by atoms with Crippen LogP contribution < -0.4 is 20.1 Å². The molecule has 0 saturated heterocycles. The Morgan fingerprint density at radius 3 is 1.05 bits per heavy atom. The van der Waals surface area contributed by atoms with E-state index in [0.717, 1.165) is 144 Å². The van der Waals surface area contributed by atoms with Crippen LogP contribution in [-0.4, -0.2) is 63.5 Å². The lowest BCUT2D eigenvalue weighted by molar-refractivity contribution is -0.160. The van der Waals surface area contributed by atoms with E-state index < -0.39 is 5.41 Å². The van der Waals surface area contributed by atoms with Crippen LogP contribution in [0.1, 0.15) is 239 Å². The van der Waals surface area contributed by atoms with E-state index in [9.17, 15) is 19.2 Å². The topological polar surface area (TPSA) is 197 Å². The second-order valence-electron chi connectivity index (χ2n) is 32.5. The van der Waals surface area contributed by atoms with Crippen LogP contribution in [0.3, 0.4) is 0 Å². The zero-order chi connectivity index (χ0) is 80.8. The van der Waals surface area contributed by atoms with Crippen molar-refractivity contribution >= 4 is 79.5 Å². The van der Waals surface area contributed by atoms with Crippen molar-refractivity contribution in [1.29, 1.82) is 0 Å². The van der Waals surface area contributed by atoms with E-state index in [-0.39, 0.29) is 40.1 Å². The van der Waals surface area contributed by atoms with Crippen molar-refractivity contribution in [1.82, 2.24) is 0 Å². The molecule has 0 radical (unpaired) electrons. The quantitative estimate of drug-likeness (QED) is 0.0121. The highest BCUT2D eigenvalue weighted by molar-refractivity contribution is 6.02. The van der Waals surface area contributed by atoms with Gasteiger partial charge in [-0.3, -0.25) is 4.79 Å². The minimum atomic E-state index is -0.549. The standard InChI is InChI=1S/C52H69N3O7.C44H57N3O3/c1-39(2)48(56)60-35-19-13-11-9-8-10-12-18-34-59-43-30-24-40(25-31-43)38-53-46-32-33-47(45-23-17-16-22-44(45)46)55-54-42-28-26-41(27-29-42)49(57)61-36-20-14-15-21-37-62-50(58)52(6,7)51(3,4)5;1-33(2)42(48)50-31-17-13-11-9-8-10-12-16-30-49-37-26-20-34(21-27-37)32-45-40-28-29-41(39-19-15-14-18-38(39)40)47-46-36-24-22-35(23-25-36)44(6,7)43(3,4)5/h16-17,22-33,53H,1,8-15,18-21,34-38H2,2-7H3;14-15,18-29,45H,1,8-13,16-17,30-32H2,2-7H3. The largest absolute Gasteiger partial charge is 0.494 e. The molecule has 112 heavy (non-hydrogen) atoms. The minimum absolute atomic E-state index is 0.0484. The van der Waals surface area contributed by atoms with Crippen LogP contribution in [0.25, 0.3) is 21.5 Å². The van der Waals surface area contributed by atoms with Gasteiger partial charge in [0, 0.05) is 57.2 Å². The van der Waals surface area contributed by atoms with Crippen molar-refractivity contribution in [2.45, 2.75) is 230 Å². The number of ether oxygens (including phenoxy) is 6. The number of azo groups is 2. The Morgan fingerprint density at radius 2 is 0.688 bits per heavy atom. The number of carbonyl (C=O) groups is 4. The number of carbonyl (C=O) groups excluding carboxylic acids is 4. The molecule has 0 aliphatic rings. The van der Waals surface area contributed by atoms with E-state index in [0.29, 0.717) is 68.5 Å². The summed E-state index contributed by atoms with van der Waals surface area (Å²) in [5.74, 6) is 0.671. The summed E-state index contributed by atoms with van der Waals surface area (Å²) in [6.07, 6.45) is 21.4. The zero-order valence-electron chi connectivity index (χ0n) is 69.3. The van der Waals surface area contributed by atoms with Crippen LogP contribution in [0.4, 0.5) is 34.1 Å². The van der Waals surface area contributed by atoms with Crippen LogP contribution in [-0.2, 0) is 51.8 Å². The van der Waals surface area contributed by atoms with E-state index in [1.165, 1.54) is 68.9 Å². The molecule has 0 unspecified atom stereocenters. The fourth-order valence-corrected chi connectivity index (χ4v) is 12.1. The average molecular weight is 1520 g/mol. The van der Waals surface area contributed by atoms with Gasteiger partial charge in [0.1, 0.15) is 11.5 Å². The lowest BCUT2D eigenvalue weighted by atomic mass is 9.65. The molecule has 16 heteroatoms. The summed E-state index contributed by atoms with van der Waals surface area (Å²) in [6, 6.07) is 56.6. The molecule has 8 aromatic rings. The molecule has 16 nitrogen and oxygen atoms in total. The van der Waals surface area contributed by atoms with Crippen LogP contribution in [0.5, 0.6) is 11.5 Å². The van der Waals surface area contributed by atoms with Crippen LogP contribution in [0, 0.1) is 16.2 Å². The number of hydrogen-bond donors (Lipinski definition) is 2. The molecule has 0 aliphatic carbocycles. The van der Waals surface area contributed by atoms with Crippen LogP contribution in [0.15, 0.2) is 215 Å². The first-order chi connectivity index (χ1) is 53.7. The number of unbranched alkanes of at least 4 members (excludes halogenated alkanes) is 17. The third kappa shape index (κ3) is 29.9. The van der Waals surface area contributed by atoms with E-state index in [1.807, 2.05) is 89.2 Å². The molecule has 8 aromatic carbocycles. The Morgan fingerprint density at radius 1 is 0.348 bits per heavy atom. The molecule has 0 heterocycles. The van der Waals surface area contributed by atoms with Gasteiger partial charge in [-0.05, 0) is 197 Å². The monoisotopic (exact) mass is 1520 g/mol. The van der Waals surface area contributed by atoms with Gasteiger partial charge in [-0.15, -0.1) is 10.2 Å². The number of nitrogens with one attached hydrogen (secondary N) is 2. The van der Waals surface area contributed by atoms with Crippen LogP contribution in [0.2, 0.25) is 0 Å². The van der Waals surface area contributed by atoms with Gasteiger partial charge < -0.3 is 39.1 Å². The summed E-state index contributed by atoms with van der Waals surface area (Å²) in [6.45, 7) is 36.5. The molecule has 0 bridgehead atoms. The maximum Gasteiger partial charge on any atom is 0.338 e. The number of fused-ring (bicyclic) bond motifs is 2. The first-order valence-corrected chi connectivity index (χ1v) is 40.7. The Hall–Kier alpha value is -9.96. The number of esters is 4. The zero-order valence-corrected chi connectivity index (χ0v) is 69.3. The molecule has 8 rings (SSSR count). The fourth-order valence-electron chi connectivity index (χ4n) is 12.1. The second kappa shape index (κ2) is 46.1. The molecule has 0 spiro atoms. The fraction of sp³-hybridized carbons (Fsp3) is 0.458. The highest BCUT2D eigenvalue weighted by atomic mass is 16.5. The molecule has 0 aromatic heterocycles. The Labute approximate surface area is 668 Å². The Kier molecular flexibility index (Phi) is 36.8. The second-order valence-corrected chi connectivity index (χ2v) is 32.5. The Balaban J connectivity index is 0.000000318. The average Bonchev–Trinajstić information content (AvgIpc) is 0.787.